The smallest absolute Gasteiger partial charge is 0.275 e. The van der Waals surface area contributed by atoms with Crippen LogP contribution < -0.4 is 0 Å². The fourth-order valence-corrected chi connectivity index (χ4v) is 5.87. The van der Waals surface area contributed by atoms with Crippen LogP contribution in [0.4, 0.5) is 5.69 Å². The first-order chi connectivity index (χ1) is 12.3. The fraction of sp³-hybridized carbons (Fsp3) is 0.647. The van der Waals surface area contributed by atoms with Gasteiger partial charge in [-0.25, -0.2) is 8.42 Å². The van der Waals surface area contributed by atoms with Crippen molar-refractivity contribution in [1.82, 2.24) is 9.21 Å². The molecule has 0 aromatic heterocycles. The van der Waals surface area contributed by atoms with Gasteiger partial charge in [-0.1, -0.05) is 18.5 Å². The summed E-state index contributed by atoms with van der Waals surface area (Å²) in [6.45, 7) is 6.32. The van der Waals surface area contributed by atoms with Gasteiger partial charge in [-0.2, -0.15) is 4.31 Å². The number of hydrogen-bond acceptors (Lipinski definition) is 5. The summed E-state index contributed by atoms with van der Waals surface area (Å²) < 4.78 is 28.3. The number of halogens is 1. The molecule has 1 saturated carbocycles. The maximum atomic E-state index is 13.3. The number of hydrogen-bond donors (Lipinski definition) is 0. The van der Waals surface area contributed by atoms with Gasteiger partial charge in [-0.3, -0.25) is 10.1 Å². The average Bonchev–Trinajstić information content (AvgIpc) is 3.42. The number of nitro benzene ring substituents is 1. The van der Waals surface area contributed by atoms with Gasteiger partial charge in [0, 0.05) is 23.7 Å². The molecule has 3 rings (SSSR count). The maximum absolute atomic E-state index is 13.3. The van der Waals surface area contributed by atoms with E-state index in [1.165, 1.54) is 13.0 Å². The van der Waals surface area contributed by atoms with Crippen molar-refractivity contribution < 1.29 is 13.3 Å². The summed E-state index contributed by atoms with van der Waals surface area (Å²) in [5.74, 6) is 0. The van der Waals surface area contributed by atoms with Crippen LogP contribution in [0.15, 0.2) is 17.0 Å². The second-order valence-electron chi connectivity index (χ2n) is 7.04. The molecule has 0 bridgehead atoms. The molecule has 1 aromatic carbocycles. The van der Waals surface area contributed by atoms with Crippen LogP contribution in [-0.4, -0.2) is 54.3 Å². The van der Waals surface area contributed by atoms with Crippen LogP contribution in [-0.2, 0) is 10.0 Å². The van der Waals surface area contributed by atoms with E-state index >= 15 is 0 Å². The quantitative estimate of drug-likeness (QED) is 0.539. The number of nitrogens with zero attached hydrogens (tertiary/aromatic N) is 3. The lowest BCUT2D eigenvalue weighted by atomic mass is 10.1. The first-order valence-corrected chi connectivity index (χ1v) is 10.8. The number of sulfonamides is 1. The van der Waals surface area contributed by atoms with Gasteiger partial charge in [0.1, 0.15) is 0 Å². The molecule has 0 spiro atoms. The second kappa shape index (κ2) is 7.42. The molecule has 144 valence electrons. The molecular weight excluding hydrogens is 378 g/mol. The highest BCUT2D eigenvalue weighted by Gasteiger charge is 2.43. The Morgan fingerprint density at radius 3 is 2.31 bits per heavy atom. The largest absolute Gasteiger partial charge is 0.303 e. The SMILES string of the molecule is CCN1CCC(N(C2CC2)S(=O)(=O)c2cc(Cl)c(C)c([N+](=O)[O-])c2)CC1. The fourth-order valence-electron chi connectivity index (χ4n) is 3.61. The van der Waals surface area contributed by atoms with Crippen LogP contribution in [0.25, 0.3) is 0 Å². The van der Waals surface area contributed by atoms with Crippen molar-refractivity contribution in [2.75, 3.05) is 19.6 Å². The standard InChI is InChI=1S/C17H24ClN3O4S/c1-3-19-8-6-14(7-9-19)20(13-4-5-13)26(24,25)15-10-16(18)12(2)17(11-15)21(22)23/h10-11,13-14H,3-9H2,1-2H3. The van der Waals surface area contributed by atoms with Gasteiger partial charge in [0.15, 0.2) is 0 Å². The summed E-state index contributed by atoms with van der Waals surface area (Å²) in [5.41, 5.74) is 0.0254. The first kappa shape index (κ1) is 19.5. The molecule has 1 aromatic rings. The molecule has 2 aliphatic rings. The Hall–Kier alpha value is -1.22. The molecule has 0 radical (unpaired) electrons. The van der Waals surface area contributed by atoms with Crippen molar-refractivity contribution in [2.45, 2.75) is 56.5 Å². The van der Waals surface area contributed by atoms with Crippen LogP contribution in [0.2, 0.25) is 5.02 Å². The lowest BCUT2D eigenvalue weighted by molar-refractivity contribution is -0.385. The van der Waals surface area contributed by atoms with E-state index in [1.807, 2.05) is 0 Å². The van der Waals surface area contributed by atoms with Crippen LogP contribution in [0.5, 0.6) is 0 Å². The zero-order chi connectivity index (χ0) is 19.1. The Morgan fingerprint density at radius 2 is 1.81 bits per heavy atom. The van der Waals surface area contributed by atoms with Gasteiger partial charge < -0.3 is 4.90 Å². The number of rotatable bonds is 6. The number of benzene rings is 1. The molecule has 9 heteroatoms. The Morgan fingerprint density at radius 1 is 1.23 bits per heavy atom. The molecule has 0 N–H and O–H groups in total. The lowest BCUT2D eigenvalue weighted by Gasteiger charge is -2.37. The molecular formula is C17H24ClN3O4S. The van der Waals surface area contributed by atoms with Crippen LogP contribution >= 0.6 is 11.6 Å². The van der Waals surface area contributed by atoms with E-state index in [0.717, 1.165) is 51.4 Å². The highest BCUT2D eigenvalue weighted by molar-refractivity contribution is 7.89. The van der Waals surface area contributed by atoms with E-state index in [4.69, 9.17) is 11.6 Å². The Balaban J connectivity index is 1.96. The van der Waals surface area contributed by atoms with E-state index < -0.39 is 14.9 Å². The van der Waals surface area contributed by atoms with Crippen molar-refractivity contribution in [2.24, 2.45) is 0 Å². The molecule has 1 heterocycles. The highest BCUT2D eigenvalue weighted by Crippen LogP contribution is 2.38. The van der Waals surface area contributed by atoms with Crippen molar-refractivity contribution in [3.8, 4) is 0 Å². The molecule has 1 aliphatic carbocycles. The Labute approximate surface area is 159 Å². The van der Waals surface area contributed by atoms with E-state index in [0.29, 0.717) is 0 Å². The number of piperidine rings is 1. The number of nitro groups is 1. The van der Waals surface area contributed by atoms with Crippen LogP contribution in [0, 0.1) is 17.0 Å². The summed E-state index contributed by atoms with van der Waals surface area (Å²) >= 11 is 6.10. The van der Waals surface area contributed by atoms with Crippen molar-refractivity contribution in [3.63, 3.8) is 0 Å². The third kappa shape index (κ3) is 3.74. The molecule has 1 saturated heterocycles. The summed E-state index contributed by atoms with van der Waals surface area (Å²) in [4.78, 5) is 12.9. The minimum Gasteiger partial charge on any atom is -0.303 e. The van der Waals surface area contributed by atoms with E-state index in [-0.39, 0.29) is 33.3 Å². The average molecular weight is 402 g/mol. The summed E-state index contributed by atoms with van der Waals surface area (Å²) in [6.07, 6.45) is 3.25. The molecule has 0 unspecified atom stereocenters. The van der Waals surface area contributed by atoms with Gasteiger partial charge in [0.25, 0.3) is 5.69 Å². The van der Waals surface area contributed by atoms with E-state index in [1.54, 1.807) is 4.31 Å². The van der Waals surface area contributed by atoms with Gasteiger partial charge in [-0.15, -0.1) is 0 Å². The van der Waals surface area contributed by atoms with Gasteiger partial charge in [0.2, 0.25) is 10.0 Å². The molecule has 26 heavy (non-hydrogen) atoms. The summed E-state index contributed by atoms with van der Waals surface area (Å²) in [5, 5.41) is 11.4. The zero-order valence-corrected chi connectivity index (χ0v) is 16.6. The third-order valence-electron chi connectivity index (χ3n) is 5.33. The van der Waals surface area contributed by atoms with Gasteiger partial charge in [-0.05, 0) is 58.3 Å². The summed E-state index contributed by atoms with van der Waals surface area (Å²) in [6, 6.07) is 2.43. The third-order valence-corrected chi connectivity index (χ3v) is 7.71. The predicted molar refractivity (Wildman–Crippen MR) is 100 cm³/mol. The normalized spacial score (nSPS) is 19.8. The van der Waals surface area contributed by atoms with Crippen LogP contribution in [0.3, 0.4) is 0 Å². The minimum absolute atomic E-state index is 0.00249. The summed E-state index contributed by atoms with van der Waals surface area (Å²) in [7, 11) is -3.83. The Kier molecular flexibility index (Phi) is 5.58. The number of likely N-dealkylation sites (tertiary alicyclic amines) is 1. The second-order valence-corrected chi connectivity index (χ2v) is 9.29. The molecule has 0 amide bonds. The van der Waals surface area contributed by atoms with Gasteiger partial charge >= 0.3 is 0 Å². The van der Waals surface area contributed by atoms with Crippen molar-refractivity contribution >= 4 is 27.3 Å². The topological polar surface area (TPSA) is 83.8 Å². The Bertz CT molecular complexity index is 802. The van der Waals surface area contributed by atoms with Crippen molar-refractivity contribution in [1.29, 1.82) is 0 Å². The van der Waals surface area contributed by atoms with Crippen LogP contribution in [0.1, 0.15) is 38.2 Å². The highest BCUT2D eigenvalue weighted by atomic mass is 35.5. The molecule has 2 fully saturated rings. The molecule has 7 nitrogen and oxygen atoms in total. The predicted octanol–water partition coefficient (Wildman–Crippen LogP) is 3.19. The van der Waals surface area contributed by atoms with Crippen molar-refractivity contribution in [3.05, 3.63) is 32.8 Å². The minimum atomic E-state index is -3.83. The molecule has 1 aliphatic heterocycles. The monoisotopic (exact) mass is 401 g/mol. The lowest BCUT2D eigenvalue weighted by Crippen LogP contribution is -2.48. The first-order valence-electron chi connectivity index (χ1n) is 8.96. The zero-order valence-electron chi connectivity index (χ0n) is 15.0. The maximum Gasteiger partial charge on any atom is 0.275 e. The van der Waals surface area contributed by atoms with Gasteiger partial charge in [0.05, 0.1) is 14.8 Å². The molecule has 0 atom stereocenters. The van der Waals surface area contributed by atoms with E-state index in [2.05, 4.69) is 11.8 Å². The van der Waals surface area contributed by atoms with E-state index in [9.17, 15) is 18.5 Å².